The third kappa shape index (κ3) is 6.68. The Labute approximate surface area is 121 Å². The van der Waals surface area contributed by atoms with E-state index in [0.717, 1.165) is 24.1 Å². The lowest BCUT2D eigenvalue weighted by molar-refractivity contribution is -0.139. The summed E-state index contributed by atoms with van der Waals surface area (Å²) in [5, 5.41) is 3.35. The quantitative estimate of drug-likeness (QED) is 0.556. The molecule has 1 rings (SSSR count). The third-order valence-corrected chi connectivity index (χ3v) is 2.96. The predicted octanol–water partition coefficient (Wildman–Crippen LogP) is 2.31. The molecule has 0 aliphatic carbocycles. The predicted molar refractivity (Wildman–Crippen MR) is 79.6 cm³/mol. The molecule has 0 aliphatic rings. The smallest absolute Gasteiger partial charge is 0.309 e. The molecule has 0 unspecified atom stereocenters. The summed E-state index contributed by atoms with van der Waals surface area (Å²) in [6, 6.07) is 8.32. The normalized spacial score (nSPS) is 10.8. The van der Waals surface area contributed by atoms with Gasteiger partial charge >= 0.3 is 5.97 Å². The Morgan fingerprint density at radius 2 is 1.95 bits per heavy atom. The number of esters is 1. The average Bonchev–Trinajstić information content (AvgIpc) is 2.43. The van der Waals surface area contributed by atoms with Crippen LogP contribution in [0.25, 0.3) is 0 Å². The van der Waals surface area contributed by atoms with Crippen molar-refractivity contribution < 1.29 is 14.3 Å². The van der Waals surface area contributed by atoms with Gasteiger partial charge in [-0.1, -0.05) is 38.1 Å². The Morgan fingerprint density at radius 3 is 2.60 bits per heavy atom. The molecule has 1 N–H and O–H groups in total. The van der Waals surface area contributed by atoms with Crippen LogP contribution in [-0.2, 0) is 27.3 Å². The minimum absolute atomic E-state index is 0.224. The van der Waals surface area contributed by atoms with Crippen LogP contribution in [0.4, 0.5) is 0 Å². The van der Waals surface area contributed by atoms with E-state index in [2.05, 4.69) is 19.2 Å². The van der Waals surface area contributed by atoms with Crippen molar-refractivity contribution in [3.8, 4) is 0 Å². The summed E-state index contributed by atoms with van der Waals surface area (Å²) in [4.78, 5) is 11.3. The molecule has 0 radical (unpaired) electrons. The van der Waals surface area contributed by atoms with Gasteiger partial charge in [0.15, 0.2) is 0 Å². The van der Waals surface area contributed by atoms with E-state index in [0.29, 0.717) is 25.7 Å². The maximum Gasteiger partial charge on any atom is 0.309 e. The van der Waals surface area contributed by atoms with E-state index < -0.39 is 0 Å². The molecule has 4 heteroatoms. The molecular formula is C16H25NO3. The van der Waals surface area contributed by atoms with E-state index in [4.69, 9.17) is 9.47 Å². The summed E-state index contributed by atoms with van der Waals surface area (Å²) >= 11 is 0. The maximum absolute atomic E-state index is 11.3. The Hall–Kier alpha value is -1.39. The number of carbonyl (C=O) groups excluding carboxylic acids is 1. The Kier molecular flexibility index (Phi) is 7.92. The Morgan fingerprint density at radius 1 is 1.25 bits per heavy atom. The van der Waals surface area contributed by atoms with Gasteiger partial charge in [-0.05, 0) is 24.1 Å². The first kappa shape index (κ1) is 16.7. The maximum atomic E-state index is 11.3. The largest absolute Gasteiger partial charge is 0.469 e. The topological polar surface area (TPSA) is 47.6 Å². The van der Waals surface area contributed by atoms with Crippen LogP contribution in [0, 0.1) is 0 Å². The summed E-state index contributed by atoms with van der Waals surface area (Å²) in [6.45, 7) is 6.47. The van der Waals surface area contributed by atoms with E-state index in [1.54, 1.807) is 0 Å². The summed E-state index contributed by atoms with van der Waals surface area (Å²) < 4.78 is 10.4. The summed E-state index contributed by atoms with van der Waals surface area (Å²) in [7, 11) is 1.41. The first-order valence-corrected chi connectivity index (χ1v) is 7.08. The van der Waals surface area contributed by atoms with E-state index in [-0.39, 0.29) is 5.97 Å². The van der Waals surface area contributed by atoms with Gasteiger partial charge in [0.1, 0.15) is 0 Å². The van der Waals surface area contributed by atoms with Gasteiger partial charge in [0.25, 0.3) is 0 Å². The number of hydrogen-bond acceptors (Lipinski definition) is 4. The lowest BCUT2D eigenvalue weighted by atomic mass is 10.1. The van der Waals surface area contributed by atoms with Crippen LogP contribution in [0.2, 0.25) is 0 Å². The number of carbonyl (C=O) groups is 1. The monoisotopic (exact) mass is 279 g/mol. The van der Waals surface area contributed by atoms with Gasteiger partial charge in [-0.15, -0.1) is 0 Å². The molecule has 1 aromatic carbocycles. The van der Waals surface area contributed by atoms with Gasteiger partial charge in [-0.25, -0.2) is 0 Å². The van der Waals surface area contributed by atoms with E-state index in [9.17, 15) is 4.79 Å². The Balaban J connectivity index is 2.34. The molecule has 0 bridgehead atoms. The third-order valence-electron chi connectivity index (χ3n) is 2.96. The molecule has 0 heterocycles. The zero-order chi connectivity index (χ0) is 14.8. The lowest BCUT2D eigenvalue weighted by Gasteiger charge is -2.10. The molecule has 0 spiro atoms. The van der Waals surface area contributed by atoms with Crippen LogP contribution in [-0.4, -0.2) is 32.3 Å². The number of methoxy groups -OCH3 is 1. The average molecular weight is 279 g/mol. The van der Waals surface area contributed by atoms with Crippen LogP contribution < -0.4 is 5.32 Å². The molecule has 0 aromatic heterocycles. The number of nitrogens with one attached hydrogen (secondary N) is 1. The molecule has 1 aromatic rings. The second kappa shape index (κ2) is 9.50. The fourth-order valence-corrected chi connectivity index (χ4v) is 1.85. The molecule has 0 aliphatic heterocycles. The van der Waals surface area contributed by atoms with Crippen molar-refractivity contribution in [1.82, 2.24) is 5.32 Å². The minimum Gasteiger partial charge on any atom is -0.469 e. The highest BCUT2D eigenvalue weighted by atomic mass is 16.5. The van der Waals surface area contributed by atoms with E-state index >= 15 is 0 Å². The molecule has 0 atom stereocenters. The number of ether oxygens (including phenoxy) is 2. The molecule has 112 valence electrons. The molecular weight excluding hydrogens is 254 g/mol. The fourth-order valence-electron chi connectivity index (χ4n) is 1.85. The van der Waals surface area contributed by atoms with E-state index in [1.165, 1.54) is 7.11 Å². The SMILES string of the molecule is COC(=O)Cc1ccccc1COCCCNC(C)C. The molecule has 4 nitrogen and oxygen atoms in total. The first-order chi connectivity index (χ1) is 9.63. The van der Waals surface area contributed by atoms with Crippen molar-refractivity contribution in [3.05, 3.63) is 35.4 Å². The van der Waals surface area contributed by atoms with Crippen LogP contribution >= 0.6 is 0 Å². The second-order valence-electron chi connectivity index (χ2n) is 5.04. The second-order valence-corrected chi connectivity index (χ2v) is 5.04. The van der Waals surface area contributed by atoms with Gasteiger partial charge in [0, 0.05) is 12.6 Å². The van der Waals surface area contributed by atoms with Crippen molar-refractivity contribution in [2.24, 2.45) is 0 Å². The molecule has 0 amide bonds. The van der Waals surface area contributed by atoms with Gasteiger partial charge < -0.3 is 14.8 Å². The van der Waals surface area contributed by atoms with Gasteiger partial charge in [0.2, 0.25) is 0 Å². The van der Waals surface area contributed by atoms with Crippen LogP contribution in [0.15, 0.2) is 24.3 Å². The molecule has 0 saturated carbocycles. The molecule has 0 fully saturated rings. The highest BCUT2D eigenvalue weighted by Crippen LogP contribution is 2.11. The van der Waals surface area contributed by atoms with Crippen molar-refractivity contribution >= 4 is 5.97 Å². The summed E-state index contributed by atoms with van der Waals surface area (Å²) in [5.74, 6) is -0.224. The number of benzene rings is 1. The van der Waals surface area contributed by atoms with Crippen LogP contribution in [0.1, 0.15) is 31.4 Å². The van der Waals surface area contributed by atoms with Gasteiger partial charge in [-0.2, -0.15) is 0 Å². The fraction of sp³-hybridized carbons (Fsp3) is 0.562. The van der Waals surface area contributed by atoms with Crippen molar-refractivity contribution in [2.45, 2.75) is 39.3 Å². The molecule has 20 heavy (non-hydrogen) atoms. The van der Waals surface area contributed by atoms with Crippen LogP contribution in [0.3, 0.4) is 0 Å². The number of hydrogen-bond donors (Lipinski definition) is 1. The Bertz CT molecular complexity index is 404. The zero-order valence-corrected chi connectivity index (χ0v) is 12.6. The first-order valence-electron chi connectivity index (χ1n) is 7.08. The van der Waals surface area contributed by atoms with Crippen molar-refractivity contribution in [2.75, 3.05) is 20.3 Å². The van der Waals surface area contributed by atoms with Gasteiger partial charge in [0.05, 0.1) is 20.1 Å². The minimum atomic E-state index is -0.224. The standard InChI is InChI=1S/C16H25NO3/c1-13(2)17-9-6-10-20-12-15-8-5-4-7-14(15)11-16(18)19-3/h4-5,7-8,13,17H,6,9-12H2,1-3H3. The highest BCUT2D eigenvalue weighted by Gasteiger charge is 2.07. The highest BCUT2D eigenvalue weighted by molar-refractivity contribution is 5.72. The molecule has 0 saturated heterocycles. The van der Waals surface area contributed by atoms with Gasteiger partial charge in [-0.3, -0.25) is 4.79 Å². The van der Waals surface area contributed by atoms with Crippen molar-refractivity contribution in [3.63, 3.8) is 0 Å². The van der Waals surface area contributed by atoms with Crippen LogP contribution in [0.5, 0.6) is 0 Å². The lowest BCUT2D eigenvalue weighted by Crippen LogP contribution is -2.24. The zero-order valence-electron chi connectivity index (χ0n) is 12.6. The summed E-state index contributed by atoms with van der Waals surface area (Å²) in [5.41, 5.74) is 2.02. The van der Waals surface area contributed by atoms with E-state index in [1.807, 2.05) is 24.3 Å². The summed E-state index contributed by atoms with van der Waals surface area (Å²) in [6.07, 6.45) is 1.28. The van der Waals surface area contributed by atoms with Crippen molar-refractivity contribution in [1.29, 1.82) is 0 Å². The number of rotatable bonds is 9.